The fraction of sp³-hybridized carbons (Fsp3) is 0.0323. The van der Waals surface area contributed by atoms with Crippen molar-refractivity contribution in [1.82, 2.24) is 0 Å². The molecule has 2 heteroatoms. The van der Waals surface area contributed by atoms with Crippen molar-refractivity contribution in [2.75, 3.05) is 0 Å². The van der Waals surface area contributed by atoms with Crippen LogP contribution in [0.1, 0.15) is 5.56 Å². The van der Waals surface area contributed by atoms with Crippen molar-refractivity contribution in [2.45, 2.75) is 6.16 Å². The molecular weight excluding hydrogens is 419 g/mol. The van der Waals surface area contributed by atoms with Crippen LogP contribution in [0.15, 0.2) is 152 Å². The predicted molar refractivity (Wildman–Crippen MR) is 142 cm³/mol. The summed E-state index contributed by atoms with van der Waals surface area (Å²) in [7, 11) is 0. The molecule has 0 bridgehead atoms. The summed E-state index contributed by atoms with van der Waals surface area (Å²) in [5, 5.41) is 3.65. The average molecular weight is 447 g/mol. The molecule has 1 nitrogen and oxygen atoms in total. The molecule has 0 aliphatic rings. The van der Waals surface area contributed by atoms with Gasteiger partial charge in [0.25, 0.3) is 0 Å². The van der Waals surface area contributed by atoms with E-state index in [1.54, 1.807) is 0 Å². The van der Waals surface area contributed by atoms with Gasteiger partial charge in [0.05, 0.1) is 0 Å². The van der Waals surface area contributed by atoms with E-state index in [4.69, 9.17) is 4.52 Å². The van der Waals surface area contributed by atoms with Crippen LogP contribution >= 0.6 is 6.83 Å². The van der Waals surface area contributed by atoms with Gasteiger partial charge in [0.15, 0.2) is 0 Å². The zero-order valence-electron chi connectivity index (χ0n) is 18.5. The fourth-order valence-electron chi connectivity index (χ4n) is 4.79. The molecular formula is C31H27OP. The first-order valence-electron chi connectivity index (χ1n) is 11.3. The summed E-state index contributed by atoms with van der Waals surface area (Å²) in [6.07, 6.45) is 0.763. The van der Waals surface area contributed by atoms with E-state index in [9.17, 15) is 0 Å². The van der Waals surface area contributed by atoms with Gasteiger partial charge in [-0.25, -0.2) is 0 Å². The second kappa shape index (κ2) is 9.06. The van der Waals surface area contributed by atoms with Crippen molar-refractivity contribution >= 4 is 22.7 Å². The van der Waals surface area contributed by atoms with Crippen LogP contribution in [0.5, 0.6) is 5.75 Å². The Hall–Kier alpha value is -3.67. The minimum atomic E-state index is -3.48. The van der Waals surface area contributed by atoms with Gasteiger partial charge < -0.3 is 0 Å². The number of rotatable bonds is 7. The quantitative estimate of drug-likeness (QED) is 0.253. The molecule has 162 valence electrons. The average Bonchev–Trinajstić information content (AvgIpc) is 2.91. The van der Waals surface area contributed by atoms with E-state index in [1.165, 1.54) is 21.5 Å². The molecule has 0 saturated heterocycles. The Kier molecular flexibility index (Phi) is 5.82. The van der Waals surface area contributed by atoms with Crippen LogP contribution in [0, 0.1) is 0 Å². The minimum absolute atomic E-state index is 0.763. The number of hydrogen-bond donors (Lipinski definition) is 0. The van der Waals surface area contributed by atoms with Crippen LogP contribution in [-0.4, -0.2) is 0 Å². The Morgan fingerprint density at radius 1 is 0.394 bits per heavy atom. The van der Waals surface area contributed by atoms with Crippen LogP contribution in [-0.2, 0) is 6.16 Å². The van der Waals surface area contributed by atoms with Gasteiger partial charge in [-0.3, -0.25) is 0 Å². The predicted octanol–water partition coefficient (Wildman–Crippen LogP) is 6.71. The zero-order chi connectivity index (χ0) is 22.4. The molecule has 0 aliphatic heterocycles. The third kappa shape index (κ3) is 3.75. The first kappa shape index (κ1) is 21.2. The van der Waals surface area contributed by atoms with Gasteiger partial charge in [-0.1, -0.05) is 0 Å². The Morgan fingerprint density at radius 3 is 1.12 bits per heavy atom. The van der Waals surface area contributed by atoms with E-state index in [0.29, 0.717) is 0 Å². The van der Waals surface area contributed by atoms with Crippen molar-refractivity contribution in [1.29, 1.82) is 0 Å². The summed E-state index contributed by atoms with van der Waals surface area (Å²) in [5.41, 5.74) is 1.25. The molecule has 0 heterocycles. The van der Waals surface area contributed by atoms with E-state index in [0.717, 1.165) is 11.9 Å². The molecule has 5 rings (SSSR count). The SMILES string of the molecule is c1ccc(CP(Oc2ccccc2)(c2ccccc2)(c2ccccc2)c2ccccc2)cc1. The molecule has 33 heavy (non-hydrogen) atoms. The zero-order valence-corrected chi connectivity index (χ0v) is 19.4. The molecule has 0 aliphatic carbocycles. The molecule has 0 unspecified atom stereocenters. The summed E-state index contributed by atoms with van der Waals surface area (Å²) in [6, 6.07) is 53.4. The standard InChI is InChI=1S/C31H27OP/c1-6-16-27(17-7-1)26-33(29-20-10-3-11-21-29,30-22-12-4-13-23-30,31-24-14-5-15-25-31)32-28-18-8-2-9-19-28/h1-25H,26H2. The van der Waals surface area contributed by atoms with Crippen molar-refractivity contribution < 1.29 is 4.52 Å². The Labute approximate surface area is 196 Å². The van der Waals surface area contributed by atoms with E-state index in [2.05, 4.69) is 133 Å². The summed E-state index contributed by atoms with van der Waals surface area (Å²) in [6.45, 7) is -3.48. The van der Waals surface area contributed by atoms with Crippen LogP contribution in [0.4, 0.5) is 0 Å². The van der Waals surface area contributed by atoms with E-state index < -0.39 is 6.83 Å². The third-order valence-corrected chi connectivity index (χ3v) is 12.0. The van der Waals surface area contributed by atoms with Gasteiger partial charge in [0.1, 0.15) is 0 Å². The molecule has 0 spiro atoms. The maximum absolute atomic E-state index is 7.48. The normalized spacial score (nSPS) is 12.4. The summed E-state index contributed by atoms with van der Waals surface area (Å²) < 4.78 is 7.48. The van der Waals surface area contributed by atoms with Gasteiger partial charge in [0, 0.05) is 0 Å². The molecule has 0 saturated carbocycles. The number of hydrogen-bond acceptors (Lipinski definition) is 1. The summed E-state index contributed by atoms with van der Waals surface area (Å²) in [4.78, 5) is 0. The Morgan fingerprint density at radius 2 is 0.727 bits per heavy atom. The molecule has 0 N–H and O–H groups in total. The van der Waals surface area contributed by atoms with Crippen LogP contribution in [0.3, 0.4) is 0 Å². The van der Waals surface area contributed by atoms with Crippen LogP contribution in [0.25, 0.3) is 0 Å². The number of benzene rings is 5. The Bertz CT molecular complexity index is 1140. The second-order valence-electron chi connectivity index (χ2n) is 8.27. The fourth-order valence-corrected chi connectivity index (χ4v) is 10.5. The molecule has 0 fully saturated rings. The van der Waals surface area contributed by atoms with Gasteiger partial charge in [-0.05, 0) is 0 Å². The van der Waals surface area contributed by atoms with Crippen molar-refractivity contribution in [3.05, 3.63) is 157 Å². The molecule has 0 radical (unpaired) electrons. The number of para-hydroxylation sites is 1. The van der Waals surface area contributed by atoms with E-state index in [-0.39, 0.29) is 0 Å². The van der Waals surface area contributed by atoms with Crippen molar-refractivity contribution in [2.24, 2.45) is 0 Å². The topological polar surface area (TPSA) is 9.23 Å². The van der Waals surface area contributed by atoms with Crippen LogP contribution < -0.4 is 20.4 Å². The van der Waals surface area contributed by atoms with E-state index in [1.807, 2.05) is 18.2 Å². The molecule has 5 aromatic carbocycles. The Balaban J connectivity index is 1.95. The summed E-state index contributed by atoms with van der Waals surface area (Å²) in [5.74, 6) is 0.877. The van der Waals surface area contributed by atoms with Gasteiger partial charge in [-0.2, -0.15) is 0 Å². The third-order valence-electron chi connectivity index (χ3n) is 6.28. The summed E-state index contributed by atoms with van der Waals surface area (Å²) >= 11 is 0. The maximum atomic E-state index is 7.48. The second-order valence-corrected chi connectivity index (χ2v) is 12.7. The van der Waals surface area contributed by atoms with Gasteiger partial charge in [0.2, 0.25) is 0 Å². The van der Waals surface area contributed by atoms with Gasteiger partial charge >= 0.3 is 196 Å². The molecule has 0 amide bonds. The molecule has 0 aromatic heterocycles. The first-order valence-corrected chi connectivity index (χ1v) is 13.6. The van der Waals surface area contributed by atoms with Crippen LogP contribution in [0.2, 0.25) is 0 Å². The van der Waals surface area contributed by atoms with Crippen molar-refractivity contribution in [3.63, 3.8) is 0 Å². The molecule has 0 atom stereocenters. The first-order chi connectivity index (χ1) is 16.3. The van der Waals surface area contributed by atoms with Gasteiger partial charge in [-0.15, -0.1) is 0 Å². The molecule has 5 aromatic rings. The van der Waals surface area contributed by atoms with Crippen molar-refractivity contribution in [3.8, 4) is 5.75 Å². The van der Waals surface area contributed by atoms with E-state index >= 15 is 0 Å². The monoisotopic (exact) mass is 446 g/mol.